The second kappa shape index (κ2) is 7.40. The first kappa shape index (κ1) is 22.4. The molecule has 168 valence electrons. The molecule has 4 rings (SSSR count). The first-order valence-electron chi connectivity index (χ1n) is 10.6. The van der Waals surface area contributed by atoms with E-state index in [-0.39, 0.29) is 35.2 Å². The van der Waals surface area contributed by atoms with Crippen LogP contribution in [0, 0.1) is 23.0 Å². The van der Waals surface area contributed by atoms with Crippen LogP contribution in [0.5, 0.6) is 0 Å². The van der Waals surface area contributed by atoms with E-state index in [4.69, 9.17) is 9.31 Å². The SMILES string of the molecule is Cc1ccc(S(=O)(=O)N2CC3=C(B4OC(C)(C)C(C)(C)O4)CC([N+](=O)[O-])CC3C2)cc1. The van der Waals surface area contributed by atoms with Gasteiger partial charge in [-0.3, -0.25) is 10.1 Å². The molecule has 0 N–H and O–H groups in total. The average Bonchev–Trinajstić information content (AvgIpc) is 3.19. The summed E-state index contributed by atoms with van der Waals surface area (Å²) in [5.41, 5.74) is 1.47. The molecule has 1 aliphatic carbocycles. The largest absolute Gasteiger partial charge is 0.490 e. The fraction of sp³-hybridized carbons (Fsp3) is 0.619. The van der Waals surface area contributed by atoms with E-state index in [1.165, 1.54) is 4.31 Å². The molecule has 2 fully saturated rings. The summed E-state index contributed by atoms with van der Waals surface area (Å²) in [7, 11) is -4.40. The van der Waals surface area contributed by atoms with Crippen LogP contribution in [-0.2, 0) is 19.3 Å². The van der Waals surface area contributed by atoms with Gasteiger partial charge in [-0.25, -0.2) is 8.42 Å². The smallest absolute Gasteiger partial charge is 0.400 e. The lowest BCUT2D eigenvalue weighted by Crippen LogP contribution is -2.41. The molecule has 0 bridgehead atoms. The summed E-state index contributed by atoms with van der Waals surface area (Å²) in [4.78, 5) is 11.6. The van der Waals surface area contributed by atoms with Crippen LogP contribution in [0.1, 0.15) is 46.1 Å². The number of nitrogens with zero attached hydrogens (tertiary/aromatic N) is 2. The standard InChI is InChI=1S/C21H29BN2O6S/c1-14-6-8-17(9-7-14)31(27,28)23-12-15-10-16(24(25)26)11-19(18(15)13-23)22-29-20(2,3)21(4,5)30-22/h6-9,15-16H,10-13H2,1-5H3. The lowest BCUT2D eigenvalue weighted by atomic mass is 9.66. The molecule has 0 spiro atoms. The minimum atomic E-state index is -3.70. The fourth-order valence-corrected chi connectivity index (χ4v) is 6.02. The van der Waals surface area contributed by atoms with E-state index in [1.807, 2.05) is 34.6 Å². The molecule has 1 aromatic carbocycles. The molecule has 0 saturated carbocycles. The van der Waals surface area contributed by atoms with E-state index in [1.54, 1.807) is 24.3 Å². The van der Waals surface area contributed by atoms with Gasteiger partial charge in [-0.15, -0.1) is 0 Å². The molecule has 0 aromatic heterocycles. The van der Waals surface area contributed by atoms with Crippen LogP contribution in [0.15, 0.2) is 40.2 Å². The van der Waals surface area contributed by atoms with Gasteiger partial charge in [0, 0.05) is 36.8 Å². The molecule has 1 aromatic rings. The maximum atomic E-state index is 13.2. The Morgan fingerprint density at radius 2 is 1.71 bits per heavy atom. The van der Waals surface area contributed by atoms with Crippen molar-refractivity contribution < 1.29 is 22.6 Å². The zero-order valence-corrected chi connectivity index (χ0v) is 19.4. The Labute approximate surface area is 183 Å². The van der Waals surface area contributed by atoms with Gasteiger partial charge >= 0.3 is 7.12 Å². The second-order valence-corrected chi connectivity index (χ2v) is 11.8. The Kier molecular flexibility index (Phi) is 5.36. The first-order valence-corrected chi connectivity index (χ1v) is 12.0. The van der Waals surface area contributed by atoms with Crippen molar-refractivity contribution in [2.45, 2.75) is 69.6 Å². The summed E-state index contributed by atoms with van der Waals surface area (Å²) in [6.45, 7) is 10.1. The number of hydrogen-bond acceptors (Lipinski definition) is 6. The highest BCUT2D eigenvalue weighted by Gasteiger charge is 2.55. The third kappa shape index (κ3) is 3.84. The van der Waals surface area contributed by atoms with E-state index >= 15 is 0 Å². The van der Waals surface area contributed by atoms with Crippen molar-refractivity contribution in [2.24, 2.45) is 5.92 Å². The molecule has 2 atom stereocenters. The first-order chi connectivity index (χ1) is 14.3. The highest BCUT2D eigenvalue weighted by molar-refractivity contribution is 7.89. The van der Waals surface area contributed by atoms with E-state index in [9.17, 15) is 18.5 Å². The molecule has 2 aliphatic heterocycles. The van der Waals surface area contributed by atoms with Gasteiger partial charge in [-0.1, -0.05) is 23.3 Å². The number of benzene rings is 1. The molecular formula is C21H29BN2O6S. The molecule has 10 heteroatoms. The number of nitro groups is 1. The monoisotopic (exact) mass is 448 g/mol. The Balaban J connectivity index is 1.69. The van der Waals surface area contributed by atoms with Crippen molar-refractivity contribution in [3.63, 3.8) is 0 Å². The summed E-state index contributed by atoms with van der Waals surface area (Å²) in [5, 5.41) is 11.7. The maximum Gasteiger partial charge on any atom is 0.490 e. The minimum Gasteiger partial charge on any atom is -0.400 e. The normalized spacial score (nSPS) is 28.1. The van der Waals surface area contributed by atoms with Gasteiger partial charge in [0.1, 0.15) is 0 Å². The average molecular weight is 448 g/mol. The number of hydrogen-bond donors (Lipinski definition) is 0. The molecule has 2 heterocycles. The van der Waals surface area contributed by atoms with Gasteiger partial charge in [-0.05, 0) is 52.2 Å². The van der Waals surface area contributed by atoms with Gasteiger partial charge < -0.3 is 9.31 Å². The van der Waals surface area contributed by atoms with Gasteiger partial charge in [0.2, 0.25) is 16.1 Å². The highest BCUT2D eigenvalue weighted by Crippen LogP contribution is 2.45. The molecule has 2 unspecified atom stereocenters. The molecule has 0 amide bonds. The predicted molar refractivity (Wildman–Crippen MR) is 117 cm³/mol. The van der Waals surface area contributed by atoms with Crippen LogP contribution in [0.2, 0.25) is 0 Å². The number of rotatable bonds is 4. The third-order valence-electron chi connectivity index (χ3n) is 7.18. The van der Waals surface area contributed by atoms with Crippen LogP contribution in [0.4, 0.5) is 0 Å². The number of sulfonamides is 1. The van der Waals surface area contributed by atoms with E-state index < -0.39 is 34.4 Å². The summed E-state index contributed by atoms with van der Waals surface area (Å²) in [5.74, 6) is -0.210. The van der Waals surface area contributed by atoms with Crippen LogP contribution < -0.4 is 0 Å². The van der Waals surface area contributed by atoms with E-state index in [2.05, 4.69) is 0 Å². The summed E-state index contributed by atoms with van der Waals surface area (Å²) < 4.78 is 40.3. The topological polar surface area (TPSA) is 99.0 Å². The lowest BCUT2D eigenvalue weighted by molar-refractivity contribution is -0.524. The van der Waals surface area contributed by atoms with Gasteiger partial charge in [0.05, 0.1) is 16.1 Å². The summed E-state index contributed by atoms with van der Waals surface area (Å²) >= 11 is 0. The predicted octanol–water partition coefficient (Wildman–Crippen LogP) is 2.98. The molecule has 2 saturated heterocycles. The van der Waals surface area contributed by atoms with Gasteiger partial charge in [0.15, 0.2) is 0 Å². The van der Waals surface area contributed by atoms with Crippen LogP contribution in [0.3, 0.4) is 0 Å². The Morgan fingerprint density at radius 1 is 1.13 bits per heavy atom. The van der Waals surface area contributed by atoms with E-state index in [0.717, 1.165) is 16.6 Å². The van der Waals surface area contributed by atoms with Crippen molar-refractivity contribution in [1.29, 1.82) is 0 Å². The quantitative estimate of drug-likeness (QED) is 0.399. The zero-order valence-electron chi connectivity index (χ0n) is 18.6. The van der Waals surface area contributed by atoms with Crippen molar-refractivity contribution in [2.75, 3.05) is 13.1 Å². The Bertz CT molecular complexity index is 1020. The molecule has 31 heavy (non-hydrogen) atoms. The molecule has 8 nitrogen and oxygen atoms in total. The number of aryl methyl sites for hydroxylation is 1. The Morgan fingerprint density at radius 3 is 2.26 bits per heavy atom. The van der Waals surface area contributed by atoms with Crippen molar-refractivity contribution in [1.82, 2.24) is 4.31 Å². The fourth-order valence-electron chi connectivity index (χ4n) is 4.55. The van der Waals surface area contributed by atoms with Crippen LogP contribution in [0.25, 0.3) is 0 Å². The van der Waals surface area contributed by atoms with Crippen molar-refractivity contribution in [3.8, 4) is 0 Å². The number of fused-ring (bicyclic) bond motifs is 1. The van der Waals surface area contributed by atoms with Gasteiger partial charge in [0.25, 0.3) is 0 Å². The summed E-state index contributed by atoms with van der Waals surface area (Å²) in [6, 6.07) is 5.98. The van der Waals surface area contributed by atoms with Crippen molar-refractivity contribution in [3.05, 3.63) is 51.0 Å². The van der Waals surface area contributed by atoms with E-state index in [0.29, 0.717) is 6.42 Å². The zero-order chi connectivity index (χ0) is 22.8. The van der Waals surface area contributed by atoms with Crippen molar-refractivity contribution >= 4 is 17.1 Å². The minimum absolute atomic E-state index is 0.210. The maximum absolute atomic E-state index is 13.2. The van der Waals surface area contributed by atoms with Crippen LogP contribution >= 0.6 is 0 Å². The second-order valence-electron chi connectivity index (χ2n) is 9.83. The van der Waals surface area contributed by atoms with Crippen LogP contribution in [-0.4, -0.2) is 55.1 Å². The molecule has 3 aliphatic rings. The third-order valence-corrected chi connectivity index (χ3v) is 9.01. The molecule has 0 radical (unpaired) electrons. The lowest BCUT2D eigenvalue weighted by Gasteiger charge is -2.32. The highest BCUT2D eigenvalue weighted by atomic mass is 32.2. The summed E-state index contributed by atoms with van der Waals surface area (Å²) in [6.07, 6.45) is 0.541. The van der Waals surface area contributed by atoms with Gasteiger partial charge in [-0.2, -0.15) is 4.31 Å². The Hall–Kier alpha value is -1.75. The molecular weight excluding hydrogens is 419 g/mol.